The van der Waals surface area contributed by atoms with Crippen LogP contribution in [-0.4, -0.2) is 89.2 Å². The van der Waals surface area contributed by atoms with Crippen LogP contribution in [0.3, 0.4) is 0 Å². The largest absolute Gasteiger partial charge is 0.489 e. The van der Waals surface area contributed by atoms with E-state index in [2.05, 4.69) is 31.6 Å². The predicted molar refractivity (Wildman–Crippen MR) is 159 cm³/mol. The topological polar surface area (TPSA) is 144 Å². The van der Waals surface area contributed by atoms with Gasteiger partial charge in [-0.25, -0.2) is 9.97 Å². The molecule has 0 spiro atoms. The Morgan fingerprint density at radius 3 is 2.57 bits per heavy atom. The number of hydrogen-bond donors (Lipinski definition) is 3. The summed E-state index contributed by atoms with van der Waals surface area (Å²) in [6, 6.07) is 16.4. The van der Waals surface area contributed by atoms with Crippen molar-refractivity contribution in [1.29, 1.82) is 5.26 Å². The molecular weight excluding hydrogens is 534 g/mol. The minimum atomic E-state index is -1.01. The van der Waals surface area contributed by atoms with Crippen LogP contribution in [0.25, 0.3) is 11.3 Å². The van der Waals surface area contributed by atoms with E-state index < -0.39 is 6.10 Å². The Hall–Kier alpha value is -4.53. The third kappa shape index (κ3) is 8.25. The zero-order valence-corrected chi connectivity index (χ0v) is 24.2. The quantitative estimate of drug-likeness (QED) is 0.296. The molecule has 2 heterocycles. The van der Waals surface area contributed by atoms with Crippen molar-refractivity contribution in [1.82, 2.24) is 25.1 Å². The summed E-state index contributed by atoms with van der Waals surface area (Å²) in [6.45, 7) is 3.99. The van der Waals surface area contributed by atoms with Crippen LogP contribution >= 0.6 is 0 Å². The number of nitrogens with one attached hydrogen (secondary N) is 2. The van der Waals surface area contributed by atoms with Gasteiger partial charge in [0.15, 0.2) is 0 Å². The average molecular weight is 572 g/mol. The molecule has 1 aliphatic rings. The minimum absolute atomic E-state index is 0.115. The van der Waals surface area contributed by atoms with Crippen LogP contribution < -0.4 is 15.4 Å². The van der Waals surface area contributed by atoms with Crippen molar-refractivity contribution < 1.29 is 19.4 Å². The molecule has 11 heteroatoms. The van der Waals surface area contributed by atoms with Gasteiger partial charge < -0.3 is 30.3 Å². The lowest BCUT2D eigenvalue weighted by atomic mass is 10.1. The van der Waals surface area contributed by atoms with Crippen LogP contribution in [0.4, 0.5) is 11.6 Å². The molecule has 11 nitrogen and oxygen atoms in total. The van der Waals surface area contributed by atoms with Gasteiger partial charge in [-0.1, -0.05) is 0 Å². The van der Waals surface area contributed by atoms with E-state index in [1.807, 2.05) is 20.2 Å². The second-order valence-electron chi connectivity index (χ2n) is 10.5. The molecule has 0 radical (unpaired) electrons. The first-order valence-corrected chi connectivity index (χ1v) is 14.0. The maximum Gasteiger partial charge on any atom is 0.251 e. The number of nitrogens with zero attached hydrogens (tertiary/aromatic N) is 5. The number of anilines is 2. The van der Waals surface area contributed by atoms with Crippen LogP contribution in [0.5, 0.6) is 5.75 Å². The highest BCUT2D eigenvalue weighted by Crippen LogP contribution is 2.28. The monoisotopic (exact) mass is 571 g/mol. The molecule has 3 aromatic rings. The lowest BCUT2D eigenvalue weighted by Gasteiger charge is -2.33. The van der Waals surface area contributed by atoms with Gasteiger partial charge in [0, 0.05) is 55.5 Å². The highest BCUT2D eigenvalue weighted by atomic mass is 16.5. The van der Waals surface area contributed by atoms with Crippen LogP contribution in [0.2, 0.25) is 0 Å². The summed E-state index contributed by atoms with van der Waals surface area (Å²) in [5.74, 6) is 0.470. The predicted octanol–water partition coefficient (Wildman–Crippen LogP) is 3.19. The van der Waals surface area contributed by atoms with E-state index in [1.165, 1.54) is 6.92 Å². The minimum Gasteiger partial charge on any atom is -0.489 e. The summed E-state index contributed by atoms with van der Waals surface area (Å²) in [5, 5.41) is 25.4. The molecule has 1 saturated heterocycles. The number of nitriles is 1. The van der Waals surface area contributed by atoms with Crippen molar-refractivity contribution in [3.8, 4) is 23.1 Å². The number of likely N-dealkylation sites (tertiary alicyclic amines) is 1. The molecule has 0 aliphatic carbocycles. The molecule has 1 aliphatic heterocycles. The van der Waals surface area contributed by atoms with Crippen molar-refractivity contribution in [2.45, 2.75) is 38.4 Å². The maximum absolute atomic E-state index is 12.4. The van der Waals surface area contributed by atoms with Gasteiger partial charge in [0.05, 0.1) is 11.3 Å². The van der Waals surface area contributed by atoms with Crippen LogP contribution in [-0.2, 0) is 4.79 Å². The van der Waals surface area contributed by atoms with E-state index >= 15 is 0 Å². The van der Waals surface area contributed by atoms with E-state index in [0.717, 1.165) is 24.2 Å². The van der Waals surface area contributed by atoms with Crippen LogP contribution in [0.15, 0.2) is 54.7 Å². The first-order valence-electron chi connectivity index (χ1n) is 14.0. The third-order valence-corrected chi connectivity index (χ3v) is 6.93. The molecule has 1 aromatic heterocycles. The number of hydrogen-bond acceptors (Lipinski definition) is 9. The molecule has 0 saturated carbocycles. The van der Waals surface area contributed by atoms with E-state index in [-0.39, 0.29) is 17.9 Å². The normalized spacial score (nSPS) is 14.2. The highest BCUT2D eigenvalue weighted by molar-refractivity contribution is 5.94. The summed E-state index contributed by atoms with van der Waals surface area (Å²) >= 11 is 0. The zero-order chi connectivity index (χ0) is 30.1. The first kappa shape index (κ1) is 30.4. The van der Waals surface area contributed by atoms with Gasteiger partial charge in [0.25, 0.3) is 11.8 Å². The van der Waals surface area contributed by atoms with E-state index in [9.17, 15) is 20.0 Å². The Morgan fingerprint density at radius 1 is 1.17 bits per heavy atom. The van der Waals surface area contributed by atoms with Crippen molar-refractivity contribution in [2.24, 2.45) is 0 Å². The van der Waals surface area contributed by atoms with Gasteiger partial charge in [-0.2, -0.15) is 5.26 Å². The molecule has 4 rings (SSSR count). The fourth-order valence-electron chi connectivity index (χ4n) is 4.63. The molecule has 3 N–H and O–H groups in total. The third-order valence-electron chi connectivity index (χ3n) is 6.93. The number of ether oxygens (including phenoxy) is 1. The van der Waals surface area contributed by atoms with Crippen molar-refractivity contribution >= 4 is 23.5 Å². The van der Waals surface area contributed by atoms with Crippen LogP contribution in [0, 0.1) is 11.3 Å². The van der Waals surface area contributed by atoms with Gasteiger partial charge in [-0.3, -0.25) is 9.59 Å². The average Bonchev–Trinajstić information content (AvgIpc) is 2.99. The van der Waals surface area contributed by atoms with Gasteiger partial charge >= 0.3 is 0 Å². The maximum atomic E-state index is 12.4. The van der Waals surface area contributed by atoms with Crippen molar-refractivity contribution in [2.75, 3.05) is 45.6 Å². The van der Waals surface area contributed by atoms with Crippen molar-refractivity contribution in [3.05, 3.63) is 65.9 Å². The second-order valence-corrected chi connectivity index (χ2v) is 10.5. The molecule has 1 unspecified atom stereocenters. The Bertz CT molecular complexity index is 1410. The van der Waals surface area contributed by atoms with Gasteiger partial charge in [0.2, 0.25) is 5.95 Å². The fraction of sp³-hybridized carbons (Fsp3) is 0.387. The SMILES string of the molecule is CC(O)C(=O)N1CCC(Oc2ccc(-c3ccnc(Nc4ccc(C(=O)NCCCN(C)C)cc4)n3)cc2C#N)CC1. The van der Waals surface area contributed by atoms with Crippen molar-refractivity contribution in [3.63, 3.8) is 0 Å². The van der Waals surface area contributed by atoms with E-state index in [1.54, 1.807) is 53.6 Å². The number of carbonyl (C=O) groups is 2. The molecule has 0 bridgehead atoms. The van der Waals surface area contributed by atoms with E-state index in [4.69, 9.17) is 4.74 Å². The number of aliphatic hydroxyl groups is 1. The van der Waals surface area contributed by atoms with Crippen LogP contribution in [0.1, 0.15) is 42.1 Å². The summed E-state index contributed by atoms with van der Waals surface area (Å²) in [4.78, 5) is 37.0. The molecular formula is C31H37N7O4. The lowest BCUT2D eigenvalue weighted by Crippen LogP contribution is -2.45. The smallest absolute Gasteiger partial charge is 0.251 e. The van der Waals surface area contributed by atoms with Gasteiger partial charge in [-0.05, 0) is 82.5 Å². The number of aromatic nitrogens is 2. The molecule has 42 heavy (non-hydrogen) atoms. The lowest BCUT2D eigenvalue weighted by molar-refractivity contribution is -0.141. The Morgan fingerprint density at radius 2 is 1.90 bits per heavy atom. The summed E-state index contributed by atoms with van der Waals surface area (Å²) in [5.41, 5.74) is 3.07. The Kier molecular flexibility index (Phi) is 10.4. The molecule has 220 valence electrons. The van der Waals surface area contributed by atoms with Gasteiger partial charge in [-0.15, -0.1) is 0 Å². The second kappa shape index (κ2) is 14.4. The fourth-order valence-corrected chi connectivity index (χ4v) is 4.63. The van der Waals surface area contributed by atoms with Gasteiger partial charge in [0.1, 0.15) is 24.0 Å². The number of piperidine rings is 1. The Labute approximate surface area is 246 Å². The van der Waals surface area contributed by atoms with E-state index in [0.29, 0.717) is 61.0 Å². The molecule has 2 aromatic carbocycles. The first-order chi connectivity index (χ1) is 20.2. The highest BCUT2D eigenvalue weighted by Gasteiger charge is 2.26. The number of amides is 2. The Balaban J connectivity index is 1.36. The summed E-state index contributed by atoms with van der Waals surface area (Å²) in [6.07, 6.45) is 2.61. The molecule has 1 atom stereocenters. The summed E-state index contributed by atoms with van der Waals surface area (Å²) < 4.78 is 6.12. The summed E-state index contributed by atoms with van der Waals surface area (Å²) in [7, 11) is 4.00. The number of carbonyl (C=O) groups excluding carboxylic acids is 2. The standard InChI is InChI=1S/C31H37N7O4/c1-21(39)30(41)38-17-12-26(13-18-38)42-28-10-7-23(19-24(28)20-32)27-11-15-34-31(36-27)35-25-8-5-22(6-9-25)29(40)33-14-4-16-37(2)3/h5-11,15,19,21,26,39H,4,12-14,16-18H2,1-3H3,(H,33,40)(H,34,35,36). The molecule has 2 amide bonds. The number of aliphatic hydroxyl groups excluding tert-OH is 1. The number of rotatable bonds is 11. The zero-order valence-electron chi connectivity index (χ0n) is 24.2. The number of benzene rings is 2. The molecule has 1 fully saturated rings.